The van der Waals surface area contributed by atoms with E-state index in [-0.39, 0.29) is 6.04 Å². The van der Waals surface area contributed by atoms with Crippen LogP contribution < -0.4 is 10.6 Å². The molecular formula is C29H38ClN9O2S. The molecule has 1 aromatic carbocycles. The number of hydrogen-bond acceptors (Lipinski definition) is 8. The predicted molar refractivity (Wildman–Crippen MR) is 165 cm³/mol. The van der Waals surface area contributed by atoms with Crippen LogP contribution in [0.3, 0.4) is 0 Å². The van der Waals surface area contributed by atoms with Crippen LogP contribution in [0.15, 0.2) is 36.8 Å². The summed E-state index contributed by atoms with van der Waals surface area (Å²) in [5.74, 6) is 0.396. The molecule has 2 aromatic heterocycles. The normalized spacial score (nSPS) is 20.5. The molecule has 2 aliphatic rings. The van der Waals surface area contributed by atoms with Gasteiger partial charge in [0.05, 0.1) is 35.4 Å². The van der Waals surface area contributed by atoms with Crippen molar-refractivity contribution in [3.8, 4) is 16.9 Å². The zero-order valence-electron chi connectivity index (χ0n) is 24.3. The Morgan fingerprint density at radius 2 is 1.90 bits per heavy atom. The minimum atomic E-state index is -3.20. The van der Waals surface area contributed by atoms with E-state index in [0.29, 0.717) is 65.9 Å². The Morgan fingerprint density at radius 3 is 2.60 bits per heavy atom. The Kier molecular flexibility index (Phi) is 9.44. The van der Waals surface area contributed by atoms with E-state index in [2.05, 4.69) is 55.6 Å². The van der Waals surface area contributed by atoms with Crippen molar-refractivity contribution in [2.45, 2.75) is 63.2 Å². The number of nitrogens with one attached hydrogen (secondary N) is 2. The first kappa shape index (κ1) is 30.4. The SMILES string of the molecule is [C-]#[N+]c1cnc(NC2CCN(S(C)(=O)=O)CC2)nc1-c1cnn(-c2ccc(CNC3CCCCC3N(C)C)cc2Cl)c1. The number of hydrogen-bond donors (Lipinski definition) is 2. The summed E-state index contributed by atoms with van der Waals surface area (Å²) >= 11 is 6.73. The first-order valence-electron chi connectivity index (χ1n) is 14.3. The Labute approximate surface area is 253 Å². The standard InChI is InChI=1S/C29H38ClN9O2S/c1-31-25-18-33-29(35-22-11-13-38(14-12-22)42(4,40)41)36-28(25)21-17-34-39(19-21)26-10-9-20(15-23(26)30)16-32-24-7-5-6-8-27(24)37(2)3/h9-10,15,17-19,22,24,27,32H,5-8,11-14,16H2,2-4H3,(H,33,35,36). The summed E-state index contributed by atoms with van der Waals surface area (Å²) in [6, 6.07) is 7.05. The highest BCUT2D eigenvalue weighted by molar-refractivity contribution is 7.88. The van der Waals surface area contributed by atoms with Crippen LogP contribution in [0.1, 0.15) is 44.1 Å². The summed E-state index contributed by atoms with van der Waals surface area (Å²) in [5.41, 5.74) is 3.32. The maximum Gasteiger partial charge on any atom is 0.231 e. The second kappa shape index (κ2) is 13.1. The third kappa shape index (κ3) is 7.10. The molecule has 2 unspecified atom stereocenters. The van der Waals surface area contributed by atoms with Gasteiger partial charge in [0.25, 0.3) is 0 Å². The molecular weight excluding hydrogens is 574 g/mol. The van der Waals surface area contributed by atoms with Gasteiger partial charge in [-0.2, -0.15) is 5.10 Å². The lowest BCUT2D eigenvalue weighted by molar-refractivity contribution is 0.176. The summed E-state index contributed by atoms with van der Waals surface area (Å²) < 4.78 is 26.8. The zero-order valence-corrected chi connectivity index (χ0v) is 25.9. The summed E-state index contributed by atoms with van der Waals surface area (Å²) in [5, 5.41) is 12.2. The van der Waals surface area contributed by atoms with Gasteiger partial charge in [0.1, 0.15) is 0 Å². The molecule has 2 fully saturated rings. The number of benzene rings is 1. The summed E-state index contributed by atoms with van der Waals surface area (Å²) in [7, 11) is 1.11. The second-order valence-electron chi connectivity index (χ2n) is 11.4. The number of sulfonamides is 1. The van der Waals surface area contributed by atoms with Crippen LogP contribution in [0.25, 0.3) is 21.8 Å². The van der Waals surface area contributed by atoms with Gasteiger partial charge in [-0.25, -0.2) is 32.2 Å². The molecule has 0 radical (unpaired) electrons. The van der Waals surface area contributed by atoms with Crippen LogP contribution in [-0.2, 0) is 16.6 Å². The van der Waals surface area contributed by atoms with Gasteiger partial charge in [-0.15, -0.1) is 0 Å². The Hall–Kier alpha value is -3.08. The van der Waals surface area contributed by atoms with E-state index < -0.39 is 10.0 Å². The van der Waals surface area contributed by atoms with Gasteiger partial charge in [-0.05, 0) is 57.5 Å². The van der Waals surface area contributed by atoms with Crippen molar-refractivity contribution in [3.05, 3.63) is 58.8 Å². The van der Waals surface area contributed by atoms with E-state index in [1.165, 1.54) is 42.4 Å². The number of nitrogens with zero attached hydrogens (tertiary/aromatic N) is 7. The van der Waals surface area contributed by atoms with Gasteiger partial charge in [-0.1, -0.05) is 30.5 Å². The third-order valence-electron chi connectivity index (χ3n) is 8.22. The van der Waals surface area contributed by atoms with Crippen LogP contribution in [-0.4, -0.2) is 88.9 Å². The van der Waals surface area contributed by atoms with E-state index in [4.69, 9.17) is 18.2 Å². The van der Waals surface area contributed by atoms with E-state index in [0.717, 1.165) is 17.8 Å². The topological polar surface area (TPSA) is 113 Å². The van der Waals surface area contributed by atoms with Gasteiger partial charge in [0, 0.05) is 55.7 Å². The average molecular weight is 612 g/mol. The minimum absolute atomic E-state index is 0.0380. The number of halogens is 1. The first-order chi connectivity index (χ1) is 20.1. The average Bonchev–Trinajstić information content (AvgIpc) is 3.46. The Balaban J connectivity index is 1.27. The molecule has 5 rings (SSSR count). The highest BCUT2D eigenvalue weighted by Gasteiger charge is 2.27. The molecule has 3 aromatic rings. The molecule has 2 atom stereocenters. The summed E-state index contributed by atoms with van der Waals surface area (Å²) in [6.07, 6.45) is 12.5. The van der Waals surface area contributed by atoms with Crippen LogP contribution in [0.2, 0.25) is 5.02 Å². The Morgan fingerprint density at radius 1 is 1.14 bits per heavy atom. The molecule has 0 spiro atoms. The molecule has 1 saturated carbocycles. The highest BCUT2D eigenvalue weighted by atomic mass is 35.5. The van der Waals surface area contributed by atoms with Crippen molar-refractivity contribution in [1.82, 2.24) is 34.3 Å². The molecule has 0 amide bonds. The van der Waals surface area contributed by atoms with Crippen molar-refractivity contribution in [1.29, 1.82) is 0 Å². The highest BCUT2D eigenvalue weighted by Crippen LogP contribution is 2.31. The monoisotopic (exact) mass is 611 g/mol. The predicted octanol–water partition coefficient (Wildman–Crippen LogP) is 4.33. The van der Waals surface area contributed by atoms with E-state index in [1.54, 1.807) is 10.9 Å². The molecule has 3 heterocycles. The molecule has 42 heavy (non-hydrogen) atoms. The lowest BCUT2D eigenvalue weighted by Crippen LogP contribution is -2.48. The van der Waals surface area contributed by atoms with Crippen LogP contribution in [0.4, 0.5) is 11.6 Å². The van der Waals surface area contributed by atoms with Crippen molar-refractivity contribution < 1.29 is 8.42 Å². The van der Waals surface area contributed by atoms with Gasteiger partial charge >= 0.3 is 0 Å². The second-order valence-corrected chi connectivity index (χ2v) is 13.8. The maximum atomic E-state index is 11.8. The minimum Gasteiger partial charge on any atom is -0.351 e. The fourth-order valence-electron chi connectivity index (χ4n) is 5.89. The van der Waals surface area contributed by atoms with Gasteiger partial charge in [0.15, 0.2) is 0 Å². The molecule has 0 bridgehead atoms. The molecule has 2 N–H and O–H groups in total. The van der Waals surface area contributed by atoms with E-state index >= 15 is 0 Å². The molecule has 11 nitrogen and oxygen atoms in total. The fraction of sp³-hybridized carbons (Fsp3) is 0.517. The molecule has 1 aliphatic heterocycles. The van der Waals surface area contributed by atoms with Crippen molar-refractivity contribution in [3.63, 3.8) is 0 Å². The number of piperidine rings is 1. The molecule has 1 saturated heterocycles. The fourth-order valence-corrected chi connectivity index (χ4v) is 7.06. The number of rotatable bonds is 9. The van der Waals surface area contributed by atoms with Crippen LogP contribution >= 0.6 is 11.6 Å². The molecule has 1 aliphatic carbocycles. The number of anilines is 1. The van der Waals surface area contributed by atoms with Gasteiger partial charge in [0.2, 0.25) is 21.7 Å². The van der Waals surface area contributed by atoms with E-state index in [1.807, 2.05) is 18.3 Å². The quantitative estimate of drug-likeness (QED) is 0.344. The zero-order chi connectivity index (χ0) is 29.9. The Bertz CT molecular complexity index is 1540. The van der Waals surface area contributed by atoms with Crippen molar-refractivity contribution in [2.24, 2.45) is 0 Å². The molecule has 13 heteroatoms. The lowest BCUT2D eigenvalue weighted by atomic mass is 9.89. The van der Waals surface area contributed by atoms with Crippen LogP contribution in [0.5, 0.6) is 0 Å². The number of aromatic nitrogens is 4. The van der Waals surface area contributed by atoms with Gasteiger partial charge in [-0.3, -0.25) is 0 Å². The van der Waals surface area contributed by atoms with E-state index in [9.17, 15) is 8.42 Å². The number of likely N-dealkylation sites (N-methyl/N-ethyl adjacent to an activating group) is 1. The van der Waals surface area contributed by atoms with Crippen LogP contribution in [0, 0.1) is 6.57 Å². The summed E-state index contributed by atoms with van der Waals surface area (Å²) in [6.45, 7) is 9.26. The van der Waals surface area contributed by atoms with Crippen molar-refractivity contribution in [2.75, 3.05) is 38.8 Å². The maximum absolute atomic E-state index is 11.8. The lowest BCUT2D eigenvalue weighted by Gasteiger charge is -2.36. The van der Waals surface area contributed by atoms with Gasteiger partial charge < -0.3 is 15.5 Å². The molecule has 224 valence electrons. The summed E-state index contributed by atoms with van der Waals surface area (Å²) in [4.78, 5) is 14.9. The smallest absolute Gasteiger partial charge is 0.231 e. The first-order valence-corrected chi connectivity index (χ1v) is 16.5. The largest absolute Gasteiger partial charge is 0.351 e. The third-order valence-corrected chi connectivity index (χ3v) is 9.83. The van der Waals surface area contributed by atoms with Crippen molar-refractivity contribution >= 4 is 33.3 Å².